The molecule has 128 valence electrons. The SMILES string of the molecule is COc1cc(Br)c([C@@H](CC=O)NC(=O)OC(C)(C)C)cc1OC. The summed E-state index contributed by atoms with van der Waals surface area (Å²) in [4.78, 5) is 23.0. The van der Waals surface area contributed by atoms with Gasteiger partial charge in [0.1, 0.15) is 11.9 Å². The molecule has 23 heavy (non-hydrogen) atoms. The fourth-order valence-electron chi connectivity index (χ4n) is 1.95. The number of carbonyl (C=O) groups is 2. The number of carbonyl (C=O) groups excluding carboxylic acids is 2. The van der Waals surface area contributed by atoms with E-state index in [4.69, 9.17) is 14.2 Å². The molecule has 0 spiro atoms. The molecule has 0 saturated carbocycles. The lowest BCUT2D eigenvalue weighted by Gasteiger charge is -2.24. The largest absolute Gasteiger partial charge is 0.493 e. The molecule has 1 aromatic carbocycles. The molecule has 0 aliphatic rings. The minimum atomic E-state index is -0.620. The van der Waals surface area contributed by atoms with Gasteiger partial charge in [-0.05, 0) is 38.5 Å². The molecular weight excluding hydrogens is 366 g/mol. The van der Waals surface area contributed by atoms with Crippen LogP contribution >= 0.6 is 15.9 Å². The van der Waals surface area contributed by atoms with Gasteiger partial charge in [-0.3, -0.25) is 0 Å². The third-order valence-corrected chi connectivity index (χ3v) is 3.59. The molecule has 0 bridgehead atoms. The molecular formula is C16H22BrNO5. The van der Waals surface area contributed by atoms with E-state index in [2.05, 4.69) is 21.2 Å². The lowest BCUT2D eigenvalue weighted by atomic mass is 10.0. The summed E-state index contributed by atoms with van der Waals surface area (Å²) in [6, 6.07) is 2.90. The third-order valence-electron chi connectivity index (χ3n) is 2.90. The van der Waals surface area contributed by atoms with Crippen LogP contribution in [-0.4, -0.2) is 32.2 Å². The van der Waals surface area contributed by atoms with E-state index in [1.165, 1.54) is 14.2 Å². The number of halogens is 1. The van der Waals surface area contributed by atoms with Gasteiger partial charge in [0, 0.05) is 10.9 Å². The van der Waals surface area contributed by atoms with Crippen LogP contribution in [0.5, 0.6) is 11.5 Å². The van der Waals surface area contributed by atoms with E-state index in [0.29, 0.717) is 21.5 Å². The number of ether oxygens (including phenoxy) is 3. The van der Waals surface area contributed by atoms with Crippen LogP contribution in [0.4, 0.5) is 4.79 Å². The van der Waals surface area contributed by atoms with Gasteiger partial charge in [-0.15, -0.1) is 0 Å². The summed E-state index contributed by atoms with van der Waals surface area (Å²) >= 11 is 3.43. The van der Waals surface area contributed by atoms with E-state index in [1.807, 2.05) is 0 Å². The molecule has 0 unspecified atom stereocenters. The lowest BCUT2D eigenvalue weighted by Crippen LogP contribution is -2.35. The second-order valence-corrected chi connectivity index (χ2v) is 6.68. The highest BCUT2D eigenvalue weighted by Gasteiger charge is 2.23. The molecule has 0 radical (unpaired) electrons. The van der Waals surface area contributed by atoms with E-state index in [9.17, 15) is 9.59 Å². The molecule has 0 heterocycles. The van der Waals surface area contributed by atoms with Crippen molar-refractivity contribution in [3.05, 3.63) is 22.2 Å². The average molecular weight is 388 g/mol. The Balaban J connectivity index is 3.10. The molecule has 0 saturated heterocycles. The fourth-order valence-corrected chi connectivity index (χ4v) is 2.55. The van der Waals surface area contributed by atoms with Crippen LogP contribution in [0, 0.1) is 0 Å². The first-order valence-electron chi connectivity index (χ1n) is 7.06. The van der Waals surface area contributed by atoms with Crippen LogP contribution < -0.4 is 14.8 Å². The van der Waals surface area contributed by atoms with Gasteiger partial charge in [-0.25, -0.2) is 4.79 Å². The summed E-state index contributed by atoms with van der Waals surface area (Å²) in [5.74, 6) is 1.05. The Hall–Kier alpha value is -1.76. The number of aldehydes is 1. The number of amides is 1. The number of hydrogen-bond acceptors (Lipinski definition) is 5. The first kappa shape index (κ1) is 19.3. The second kappa shape index (κ2) is 8.19. The molecule has 0 aliphatic heterocycles. The molecule has 0 aliphatic carbocycles. The first-order chi connectivity index (χ1) is 10.7. The summed E-state index contributed by atoms with van der Waals surface area (Å²) < 4.78 is 16.4. The van der Waals surface area contributed by atoms with Crippen molar-refractivity contribution in [1.29, 1.82) is 0 Å². The number of methoxy groups -OCH3 is 2. The van der Waals surface area contributed by atoms with Gasteiger partial charge in [-0.1, -0.05) is 15.9 Å². The standard InChI is InChI=1S/C16H22BrNO5/c1-16(2,3)23-15(20)18-12(6-7-19)10-8-13(21-4)14(22-5)9-11(10)17/h7-9,12H,6H2,1-5H3,(H,18,20)/t12-/m1/s1. The van der Waals surface area contributed by atoms with Crippen LogP contribution in [0.1, 0.15) is 38.8 Å². The third kappa shape index (κ3) is 5.74. The van der Waals surface area contributed by atoms with Crippen LogP contribution in [0.15, 0.2) is 16.6 Å². The Morgan fingerprint density at radius 1 is 1.26 bits per heavy atom. The summed E-state index contributed by atoms with van der Waals surface area (Å²) in [5.41, 5.74) is 0.0746. The van der Waals surface area contributed by atoms with E-state index in [1.54, 1.807) is 32.9 Å². The number of nitrogens with one attached hydrogen (secondary N) is 1. The Labute approximate surface area is 144 Å². The van der Waals surface area contributed by atoms with Gasteiger partial charge in [0.05, 0.1) is 20.3 Å². The minimum absolute atomic E-state index is 0.104. The van der Waals surface area contributed by atoms with Gasteiger partial charge in [0.25, 0.3) is 0 Å². The Morgan fingerprint density at radius 3 is 2.30 bits per heavy atom. The molecule has 0 aromatic heterocycles. The van der Waals surface area contributed by atoms with Gasteiger partial charge >= 0.3 is 6.09 Å². The lowest BCUT2D eigenvalue weighted by molar-refractivity contribution is -0.108. The minimum Gasteiger partial charge on any atom is -0.493 e. The summed E-state index contributed by atoms with van der Waals surface area (Å²) in [6.07, 6.45) is 0.254. The molecule has 6 nitrogen and oxygen atoms in total. The molecule has 7 heteroatoms. The zero-order chi connectivity index (χ0) is 17.6. The van der Waals surface area contributed by atoms with Crippen molar-refractivity contribution >= 4 is 28.3 Å². The van der Waals surface area contributed by atoms with Crippen molar-refractivity contribution in [2.75, 3.05) is 14.2 Å². The van der Waals surface area contributed by atoms with Crippen molar-refractivity contribution in [1.82, 2.24) is 5.32 Å². The fraction of sp³-hybridized carbons (Fsp3) is 0.500. The van der Waals surface area contributed by atoms with Crippen LogP contribution in [-0.2, 0) is 9.53 Å². The summed E-state index contributed by atoms with van der Waals surface area (Å²) in [5, 5.41) is 2.70. The molecule has 1 rings (SSSR count). The monoisotopic (exact) mass is 387 g/mol. The summed E-state index contributed by atoms with van der Waals surface area (Å²) in [7, 11) is 3.05. The smallest absolute Gasteiger partial charge is 0.408 e. The van der Waals surface area contributed by atoms with E-state index >= 15 is 0 Å². The number of rotatable bonds is 6. The maximum absolute atomic E-state index is 12.0. The molecule has 1 aromatic rings. The number of hydrogen-bond donors (Lipinski definition) is 1. The molecule has 1 amide bonds. The summed E-state index contributed by atoms with van der Waals surface area (Å²) in [6.45, 7) is 5.31. The normalized spacial score (nSPS) is 12.3. The highest BCUT2D eigenvalue weighted by Crippen LogP contribution is 2.36. The topological polar surface area (TPSA) is 73.9 Å². The van der Waals surface area contributed by atoms with Crippen molar-refractivity contribution in [3.63, 3.8) is 0 Å². The zero-order valence-electron chi connectivity index (χ0n) is 13.9. The van der Waals surface area contributed by atoms with E-state index in [-0.39, 0.29) is 6.42 Å². The van der Waals surface area contributed by atoms with Crippen LogP contribution in [0.25, 0.3) is 0 Å². The first-order valence-corrected chi connectivity index (χ1v) is 7.85. The zero-order valence-corrected chi connectivity index (χ0v) is 15.5. The van der Waals surface area contributed by atoms with Gasteiger partial charge in [0.2, 0.25) is 0 Å². The van der Waals surface area contributed by atoms with Crippen LogP contribution in [0.2, 0.25) is 0 Å². The number of benzene rings is 1. The maximum Gasteiger partial charge on any atom is 0.408 e. The Bertz CT molecular complexity index is 568. The predicted molar refractivity (Wildman–Crippen MR) is 90.0 cm³/mol. The quantitative estimate of drug-likeness (QED) is 0.754. The molecule has 1 N–H and O–H groups in total. The van der Waals surface area contributed by atoms with Crippen molar-refractivity contribution in [3.8, 4) is 11.5 Å². The van der Waals surface area contributed by atoms with Crippen molar-refractivity contribution in [2.45, 2.75) is 38.8 Å². The van der Waals surface area contributed by atoms with Gasteiger partial charge in [0.15, 0.2) is 11.5 Å². The Kier molecular flexibility index (Phi) is 6.87. The highest BCUT2D eigenvalue weighted by atomic mass is 79.9. The highest BCUT2D eigenvalue weighted by molar-refractivity contribution is 9.10. The maximum atomic E-state index is 12.0. The van der Waals surface area contributed by atoms with Crippen molar-refractivity contribution in [2.24, 2.45) is 0 Å². The number of alkyl carbamates (subject to hydrolysis) is 1. The average Bonchev–Trinajstić information content (AvgIpc) is 2.44. The molecule has 0 fully saturated rings. The van der Waals surface area contributed by atoms with Crippen LogP contribution in [0.3, 0.4) is 0 Å². The van der Waals surface area contributed by atoms with Crippen molar-refractivity contribution < 1.29 is 23.8 Å². The van der Waals surface area contributed by atoms with E-state index < -0.39 is 17.7 Å². The second-order valence-electron chi connectivity index (χ2n) is 5.83. The predicted octanol–water partition coefficient (Wildman–Crippen LogP) is 3.62. The molecule has 1 atom stereocenters. The Morgan fingerprint density at radius 2 is 1.83 bits per heavy atom. The van der Waals surface area contributed by atoms with Gasteiger partial charge < -0.3 is 24.3 Å². The van der Waals surface area contributed by atoms with Gasteiger partial charge in [-0.2, -0.15) is 0 Å². The van der Waals surface area contributed by atoms with E-state index in [0.717, 1.165) is 6.29 Å².